The molecule has 0 saturated carbocycles. The molecular formula is C24H22N2O4. The van der Waals surface area contributed by atoms with Crippen LogP contribution in [0.15, 0.2) is 72.8 Å². The highest BCUT2D eigenvalue weighted by Gasteiger charge is 2.27. The molecule has 0 unspecified atom stereocenters. The maximum atomic E-state index is 11.5. The van der Waals surface area contributed by atoms with E-state index in [1.165, 1.54) is 34.1 Å². The quantitative estimate of drug-likeness (QED) is 0.735. The van der Waals surface area contributed by atoms with Crippen LogP contribution < -0.4 is 9.80 Å². The largest absolute Gasteiger partial charge is 0.269 e. The van der Waals surface area contributed by atoms with Crippen molar-refractivity contribution in [3.63, 3.8) is 0 Å². The molecule has 4 rings (SSSR count). The lowest BCUT2D eigenvalue weighted by Gasteiger charge is -2.17. The fourth-order valence-electron chi connectivity index (χ4n) is 3.33. The molecule has 2 aliphatic rings. The van der Waals surface area contributed by atoms with Crippen molar-refractivity contribution in [1.82, 2.24) is 0 Å². The summed E-state index contributed by atoms with van der Waals surface area (Å²) in [6.07, 6.45) is 6.80. The topological polar surface area (TPSA) is 74.8 Å². The molecule has 0 bridgehead atoms. The molecule has 152 valence electrons. The van der Waals surface area contributed by atoms with Crippen LogP contribution in [-0.2, 0) is 32.0 Å². The maximum Gasteiger partial charge on any atom is 0.258 e. The van der Waals surface area contributed by atoms with Crippen molar-refractivity contribution in [2.75, 3.05) is 9.80 Å². The van der Waals surface area contributed by atoms with Crippen LogP contribution >= 0.6 is 0 Å². The highest BCUT2D eigenvalue weighted by Crippen LogP contribution is 2.24. The number of amides is 4. The van der Waals surface area contributed by atoms with Gasteiger partial charge in [-0.15, -0.1) is 0 Å². The third-order valence-corrected chi connectivity index (χ3v) is 4.85. The Labute approximate surface area is 175 Å². The number of aryl methyl sites for hydroxylation is 2. The molecule has 4 amide bonds. The first kappa shape index (κ1) is 20.9. The lowest BCUT2D eigenvalue weighted by atomic mass is 10.1. The fraction of sp³-hybridized carbons (Fsp3) is 0.167. The van der Waals surface area contributed by atoms with Crippen LogP contribution in [0.3, 0.4) is 0 Å². The summed E-state index contributed by atoms with van der Waals surface area (Å²) >= 11 is 0. The van der Waals surface area contributed by atoms with Crippen molar-refractivity contribution in [1.29, 1.82) is 0 Å². The van der Waals surface area contributed by atoms with Crippen LogP contribution in [0, 0.1) is 0 Å². The van der Waals surface area contributed by atoms with E-state index >= 15 is 0 Å². The number of rotatable bonds is 4. The first-order valence-corrected chi connectivity index (χ1v) is 9.76. The van der Waals surface area contributed by atoms with Gasteiger partial charge in [-0.2, -0.15) is 0 Å². The van der Waals surface area contributed by atoms with Crippen molar-refractivity contribution >= 4 is 35.0 Å². The fourth-order valence-corrected chi connectivity index (χ4v) is 3.33. The van der Waals surface area contributed by atoms with E-state index in [-0.39, 0.29) is 23.6 Å². The van der Waals surface area contributed by atoms with Crippen molar-refractivity contribution in [2.24, 2.45) is 0 Å². The van der Waals surface area contributed by atoms with E-state index in [2.05, 4.69) is 0 Å². The molecule has 0 spiro atoms. The summed E-state index contributed by atoms with van der Waals surface area (Å²) in [5.74, 6) is -1.05. The first-order chi connectivity index (χ1) is 14.5. The molecule has 2 heterocycles. The Balaban J connectivity index is 0.000000171. The third kappa shape index (κ3) is 4.12. The van der Waals surface area contributed by atoms with E-state index in [0.717, 1.165) is 24.0 Å². The molecule has 0 saturated heterocycles. The Bertz CT molecular complexity index is 947. The number of para-hydroxylation sites is 2. The zero-order valence-corrected chi connectivity index (χ0v) is 16.9. The lowest BCUT2D eigenvalue weighted by Crippen LogP contribution is -2.30. The molecule has 0 aliphatic carbocycles. The van der Waals surface area contributed by atoms with Crippen LogP contribution in [-0.4, -0.2) is 23.6 Å². The van der Waals surface area contributed by atoms with Gasteiger partial charge in [-0.1, -0.05) is 50.2 Å². The number of imide groups is 2. The number of carbonyl (C=O) groups excluding carboxylic acids is 4. The average molecular weight is 402 g/mol. The number of hydrogen-bond acceptors (Lipinski definition) is 4. The Morgan fingerprint density at radius 2 is 0.833 bits per heavy atom. The van der Waals surface area contributed by atoms with E-state index < -0.39 is 0 Å². The standard InChI is InChI=1S/2C12H11NO2/c2*1-2-9-5-3-4-6-10(9)13-11(14)7-8-12(13)15/h2*3-8H,2H2,1H3. The van der Waals surface area contributed by atoms with Gasteiger partial charge in [-0.05, 0) is 36.1 Å². The van der Waals surface area contributed by atoms with Gasteiger partial charge in [0.1, 0.15) is 0 Å². The number of carbonyl (C=O) groups is 4. The first-order valence-electron chi connectivity index (χ1n) is 9.76. The van der Waals surface area contributed by atoms with Gasteiger partial charge < -0.3 is 0 Å². The van der Waals surface area contributed by atoms with Crippen LogP contribution in [0.1, 0.15) is 25.0 Å². The summed E-state index contributed by atoms with van der Waals surface area (Å²) < 4.78 is 0. The number of nitrogens with zero attached hydrogens (tertiary/aromatic N) is 2. The Kier molecular flexibility index (Phi) is 6.37. The van der Waals surface area contributed by atoms with Gasteiger partial charge in [-0.3, -0.25) is 19.2 Å². The molecule has 6 nitrogen and oxygen atoms in total. The second-order valence-electron chi connectivity index (χ2n) is 6.65. The normalized spacial score (nSPS) is 15.1. The van der Waals surface area contributed by atoms with Gasteiger partial charge in [0.05, 0.1) is 11.4 Å². The zero-order chi connectivity index (χ0) is 21.7. The van der Waals surface area contributed by atoms with Crippen LogP contribution in [0.2, 0.25) is 0 Å². The minimum atomic E-state index is -0.263. The molecular weight excluding hydrogens is 380 g/mol. The summed E-state index contributed by atoms with van der Waals surface area (Å²) in [7, 11) is 0. The van der Waals surface area contributed by atoms with E-state index in [1.807, 2.05) is 50.2 Å². The summed E-state index contributed by atoms with van der Waals surface area (Å²) in [5, 5.41) is 0. The van der Waals surface area contributed by atoms with Crippen molar-refractivity contribution < 1.29 is 19.2 Å². The highest BCUT2D eigenvalue weighted by atomic mass is 16.2. The smallest absolute Gasteiger partial charge is 0.258 e. The molecule has 0 atom stereocenters. The van der Waals surface area contributed by atoms with Crippen LogP contribution in [0.25, 0.3) is 0 Å². The van der Waals surface area contributed by atoms with Gasteiger partial charge in [0.2, 0.25) is 0 Å². The number of benzene rings is 2. The Hall–Kier alpha value is -3.80. The van der Waals surface area contributed by atoms with Crippen molar-refractivity contribution in [2.45, 2.75) is 26.7 Å². The zero-order valence-electron chi connectivity index (χ0n) is 16.9. The summed E-state index contributed by atoms with van der Waals surface area (Å²) in [6, 6.07) is 14.9. The summed E-state index contributed by atoms with van der Waals surface area (Å²) in [5.41, 5.74) is 3.39. The second-order valence-corrected chi connectivity index (χ2v) is 6.65. The van der Waals surface area contributed by atoms with Gasteiger partial charge in [-0.25, -0.2) is 9.80 Å². The molecule has 0 radical (unpaired) electrons. The lowest BCUT2D eigenvalue weighted by molar-refractivity contribution is -0.121. The molecule has 2 aromatic carbocycles. The van der Waals surface area contributed by atoms with E-state index in [4.69, 9.17) is 0 Å². The van der Waals surface area contributed by atoms with Gasteiger partial charge in [0.25, 0.3) is 23.6 Å². The predicted molar refractivity (Wildman–Crippen MR) is 115 cm³/mol. The molecule has 30 heavy (non-hydrogen) atoms. The van der Waals surface area contributed by atoms with Gasteiger partial charge >= 0.3 is 0 Å². The molecule has 2 aliphatic heterocycles. The average Bonchev–Trinajstić information content (AvgIpc) is 3.28. The minimum absolute atomic E-state index is 0.263. The second kappa shape index (κ2) is 9.13. The van der Waals surface area contributed by atoms with Gasteiger partial charge in [0.15, 0.2) is 0 Å². The predicted octanol–water partition coefficient (Wildman–Crippen LogP) is 3.36. The number of hydrogen-bond donors (Lipinski definition) is 0. The van der Waals surface area contributed by atoms with Gasteiger partial charge in [0, 0.05) is 24.3 Å². The summed E-state index contributed by atoms with van der Waals surface area (Å²) in [4.78, 5) is 48.3. The summed E-state index contributed by atoms with van der Waals surface area (Å²) in [6.45, 7) is 3.99. The molecule has 6 heteroatoms. The van der Waals surface area contributed by atoms with Crippen molar-refractivity contribution in [3.8, 4) is 0 Å². The van der Waals surface area contributed by atoms with E-state index in [0.29, 0.717) is 11.4 Å². The Morgan fingerprint density at radius 3 is 1.13 bits per heavy atom. The monoisotopic (exact) mass is 402 g/mol. The SMILES string of the molecule is CCc1ccccc1N1C(=O)C=CC1=O.CCc1ccccc1N1C(=O)C=CC1=O. The third-order valence-electron chi connectivity index (χ3n) is 4.85. The minimum Gasteiger partial charge on any atom is -0.269 e. The molecule has 2 aromatic rings. The molecule has 0 N–H and O–H groups in total. The molecule has 0 fully saturated rings. The number of anilines is 2. The van der Waals surface area contributed by atoms with E-state index in [1.54, 1.807) is 12.1 Å². The molecule has 0 aromatic heterocycles. The highest BCUT2D eigenvalue weighted by molar-refractivity contribution is 6.29. The maximum absolute atomic E-state index is 11.5. The van der Waals surface area contributed by atoms with E-state index in [9.17, 15) is 19.2 Å². The van der Waals surface area contributed by atoms with Crippen LogP contribution in [0.4, 0.5) is 11.4 Å². The van der Waals surface area contributed by atoms with Crippen molar-refractivity contribution in [3.05, 3.63) is 84.0 Å². The van der Waals surface area contributed by atoms with Crippen LogP contribution in [0.5, 0.6) is 0 Å². The Morgan fingerprint density at radius 1 is 0.533 bits per heavy atom.